The number of halogens is 1. The highest BCUT2D eigenvalue weighted by atomic mass is 35.5. The van der Waals surface area contributed by atoms with Gasteiger partial charge in [0, 0.05) is 16.6 Å². The van der Waals surface area contributed by atoms with Gasteiger partial charge in [-0.3, -0.25) is 5.32 Å². The van der Waals surface area contributed by atoms with Crippen LogP contribution in [0.5, 0.6) is 5.75 Å². The standard InChI is InChI=1S/C13H14ClNO/c1-3-6-15-10-7-8(2)12-9(14)4-5-11(16)13(10)12/h1,4-5,8,10,15-16H,6-7H2,2H3. The zero-order valence-electron chi connectivity index (χ0n) is 9.13. The minimum absolute atomic E-state index is 0.111. The van der Waals surface area contributed by atoms with Crippen LogP contribution >= 0.6 is 11.6 Å². The highest BCUT2D eigenvalue weighted by Crippen LogP contribution is 2.47. The van der Waals surface area contributed by atoms with E-state index in [4.69, 9.17) is 18.0 Å². The van der Waals surface area contributed by atoms with Crippen LogP contribution in [0.25, 0.3) is 0 Å². The monoisotopic (exact) mass is 235 g/mol. The molecule has 0 heterocycles. The SMILES string of the molecule is C#CCNC1CC(C)c2c(Cl)ccc(O)c21. The summed E-state index contributed by atoms with van der Waals surface area (Å²) in [4.78, 5) is 0. The zero-order valence-corrected chi connectivity index (χ0v) is 9.88. The molecule has 16 heavy (non-hydrogen) atoms. The van der Waals surface area contributed by atoms with Gasteiger partial charge in [-0.1, -0.05) is 24.4 Å². The molecule has 0 fully saturated rings. The minimum atomic E-state index is 0.111. The fourth-order valence-corrected chi connectivity index (χ4v) is 2.77. The summed E-state index contributed by atoms with van der Waals surface area (Å²) in [7, 11) is 0. The van der Waals surface area contributed by atoms with Gasteiger partial charge in [-0.25, -0.2) is 0 Å². The highest BCUT2D eigenvalue weighted by Gasteiger charge is 2.32. The lowest BCUT2D eigenvalue weighted by Crippen LogP contribution is -2.19. The van der Waals surface area contributed by atoms with Gasteiger partial charge in [-0.2, -0.15) is 0 Å². The second-order valence-electron chi connectivity index (χ2n) is 4.17. The predicted molar refractivity (Wildman–Crippen MR) is 65.7 cm³/mol. The van der Waals surface area contributed by atoms with E-state index in [0.29, 0.717) is 18.2 Å². The van der Waals surface area contributed by atoms with Gasteiger partial charge < -0.3 is 5.11 Å². The fraction of sp³-hybridized carbons (Fsp3) is 0.385. The Labute approximate surface area is 101 Å². The largest absolute Gasteiger partial charge is 0.508 e. The van der Waals surface area contributed by atoms with E-state index in [2.05, 4.69) is 18.2 Å². The predicted octanol–water partition coefficient (Wildman–Crippen LogP) is 2.82. The molecule has 0 radical (unpaired) electrons. The Morgan fingerprint density at radius 3 is 3.00 bits per heavy atom. The maximum atomic E-state index is 9.89. The Kier molecular flexibility index (Phi) is 3.09. The van der Waals surface area contributed by atoms with Gasteiger partial charge in [0.15, 0.2) is 0 Å². The third-order valence-corrected chi connectivity index (χ3v) is 3.42. The second-order valence-corrected chi connectivity index (χ2v) is 4.58. The van der Waals surface area contributed by atoms with Crippen LogP contribution in [0.2, 0.25) is 5.02 Å². The average molecular weight is 236 g/mol. The first kappa shape index (κ1) is 11.3. The van der Waals surface area contributed by atoms with Crippen molar-refractivity contribution in [3.63, 3.8) is 0 Å². The summed E-state index contributed by atoms with van der Waals surface area (Å²) in [6.07, 6.45) is 6.15. The third kappa shape index (κ3) is 1.77. The number of terminal acetylenes is 1. The van der Waals surface area contributed by atoms with Crippen molar-refractivity contribution >= 4 is 11.6 Å². The summed E-state index contributed by atoms with van der Waals surface area (Å²) in [5.41, 5.74) is 1.96. The van der Waals surface area contributed by atoms with Crippen molar-refractivity contribution in [2.24, 2.45) is 0 Å². The number of rotatable bonds is 2. The van der Waals surface area contributed by atoms with Crippen LogP contribution in [-0.4, -0.2) is 11.7 Å². The smallest absolute Gasteiger partial charge is 0.120 e. The third-order valence-electron chi connectivity index (χ3n) is 3.09. The van der Waals surface area contributed by atoms with Gasteiger partial charge in [-0.05, 0) is 30.0 Å². The number of phenols is 1. The first-order valence-corrected chi connectivity index (χ1v) is 5.71. The Bertz CT molecular complexity index is 450. The number of benzene rings is 1. The summed E-state index contributed by atoms with van der Waals surface area (Å²) in [6, 6.07) is 3.50. The number of aromatic hydroxyl groups is 1. The minimum Gasteiger partial charge on any atom is -0.508 e. The maximum Gasteiger partial charge on any atom is 0.120 e. The number of hydrogen-bond acceptors (Lipinski definition) is 2. The lowest BCUT2D eigenvalue weighted by Gasteiger charge is -2.13. The van der Waals surface area contributed by atoms with E-state index in [1.54, 1.807) is 12.1 Å². The molecule has 2 N–H and O–H groups in total. The van der Waals surface area contributed by atoms with Crippen LogP contribution in [0.15, 0.2) is 12.1 Å². The molecule has 0 spiro atoms. The molecule has 1 aliphatic rings. The Balaban J connectivity index is 2.41. The number of nitrogens with one attached hydrogen (secondary N) is 1. The average Bonchev–Trinajstić information content (AvgIpc) is 2.59. The molecule has 1 aromatic carbocycles. The molecular formula is C13H14ClNO. The van der Waals surface area contributed by atoms with Crippen LogP contribution in [0.1, 0.15) is 36.4 Å². The summed E-state index contributed by atoms with van der Waals surface area (Å²) in [6.45, 7) is 2.62. The Hall–Kier alpha value is -1.17. The quantitative estimate of drug-likeness (QED) is 0.773. The first-order valence-electron chi connectivity index (χ1n) is 5.33. The van der Waals surface area contributed by atoms with Crippen LogP contribution in [-0.2, 0) is 0 Å². The van der Waals surface area contributed by atoms with E-state index in [-0.39, 0.29) is 6.04 Å². The van der Waals surface area contributed by atoms with E-state index in [0.717, 1.165) is 22.6 Å². The van der Waals surface area contributed by atoms with Crippen molar-refractivity contribution in [1.29, 1.82) is 0 Å². The molecule has 0 saturated carbocycles. The van der Waals surface area contributed by atoms with Gasteiger partial charge in [-0.15, -0.1) is 6.42 Å². The van der Waals surface area contributed by atoms with E-state index >= 15 is 0 Å². The number of phenolic OH excluding ortho intramolecular Hbond substituents is 1. The summed E-state index contributed by atoms with van der Waals surface area (Å²) in [5.74, 6) is 3.20. The van der Waals surface area contributed by atoms with Crippen LogP contribution in [0, 0.1) is 12.3 Å². The molecule has 1 aliphatic carbocycles. The van der Waals surface area contributed by atoms with E-state index in [9.17, 15) is 5.11 Å². The summed E-state index contributed by atoms with van der Waals surface area (Å²) >= 11 is 6.16. The van der Waals surface area contributed by atoms with Crippen LogP contribution in [0.4, 0.5) is 0 Å². The van der Waals surface area contributed by atoms with Gasteiger partial charge in [0.05, 0.1) is 6.54 Å². The summed E-state index contributed by atoms with van der Waals surface area (Å²) < 4.78 is 0. The molecule has 2 atom stereocenters. The molecule has 2 unspecified atom stereocenters. The van der Waals surface area contributed by atoms with Crippen LogP contribution in [0.3, 0.4) is 0 Å². The first-order chi connectivity index (χ1) is 7.65. The maximum absolute atomic E-state index is 9.89. The van der Waals surface area contributed by atoms with Crippen molar-refractivity contribution in [3.8, 4) is 18.1 Å². The molecule has 2 rings (SSSR count). The molecular weight excluding hydrogens is 222 g/mol. The van der Waals surface area contributed by atoms with E-state index < -0.39 is 0 Å². The van der Waals surface area contributed by atoms with Gasteiger partial charge >= 0.3 is 0 Å². The highest BCUT2D eigenvalue weighted by molar-refractivity contribution is 6.31. The molecule has 84 valence electrons. The molecule has 0 amide bonds. The van der Waals surface area contributed by atoms with Gasteiger partial charge in [0.1, 0.15) is 5.75 Å². The zero-order chi connectivity index (χ0) is 11.7. The second kappa shape index (κ2) is 4.37. The lowest BCUT2D eigenvalue weighted by atomic mass is 10.0. The van der Waals surface area contributed by atoms with Crippen molar-refractivity contribution in [3.05, 3.63) is 28.3 Å². The molecule has 3 heteroatoms. The number of fused-ring (bicyclic) bond motifs is 1. The van der Waals surface area contributed by atoms with E-state index in [1.807, 2.05) is 0 Å². The molecule has 0 aliphatic heterocycles. The Morgan fingerprint density at radius 1 is 1.56 bits per heavy atom. The summed E-state index contributed by atoms with van der Waals surface area (Å²) in [5, 5.41) is 13.9. The number of hydrogen-bond donors (Lipinski definition) is 2. The molecule has 0 bridgehead atoms. The normalized spacial score (nSPS) is 22.8. The molecule has 1 aromatic rings. The van der Waals surface area contributed by atoms with Crippen molar-refractivity contribution < 1.29 is 5.11 Å². The van der Waals surface area contributed by atoms with Crippen molar-refractivity contribution in [2.75, 3.05) is 6.54 Å². The fourth-order valence-electron chi connectivity index (χ4n) is 2.42. The molecule has 2 nitrogen and oxygen atoms in total. The van der Waals surface area contributed by atoms with Crippen LogP contribution < -0.4 is 5.32 Å². The lowest BCUT2D eigenvalue weighted by molar-refractivity contribution is 0.452. The molecule has 0 saturated heterocycles. The van der Waals surface area contributed by atoms with Gasteiger partial charge in [0.25, 0.3) is 0 Å². The van der Waals surface area contributed by atoms with E-state index in [1.165, 1.54) is 0 Å². The molecule has 0 aromatic heterocycles. The van der Waals surface area contributed by atoms with Gasteiger partial charge in [0.2, 0.25) is 0 Å². The Morgan fingerprint density at radius 2 is 2.31 bits per heavy atom. The van der Waals surface area contributed by atoms with Crippen molar-refractivity contribution in [1.82, 2.24) is 5.32 Å². The topological polar surface area (TPSA) is 32.3 Å². The van der Waals surface area contributed by atoms with Crippen molar-refractivity contribution in [2.45, 2.75) is 25.3 Å².